The SMILES string of the molecule is CS(=O)(=O)CCSc1nnc(NC2CC2)s1. The Kier molecular flexibility index (Phi) is 3.70. The van der Waals surface area contributed by atoms with Gasteiger partial charge in [-0.25, -0.2) is 8.42 Å². The smallest absolute Gasteiger partial charge is 0.206 e. The molecule has 5 nitrogen and oxygen atoms in total. The molecule has 90 valence electrons. The van der Waals surface area contributed by atoms with Crippen LogP contribution < -0.4 is 5.32 Å². The van der Waals surface area contributed by atoms with E-state index in [0.29, 0.717) is 11.8 Å². The highest BCUT2D eigenvalue weighted by Crippen LogP contribution is 2.30. The Balaban J connectivity index is 1.78. The Hall–Kier alpha value is -0.340. The second-order valence-corrected chi connectivity index (χ2v) is 8.35. The molecule has 0 amide bonds. The van der Waals surface area contributed by atoms with Gasteiger partial charge in [-0.1, -0.05) is 23.1 Å². The van der Waals surface area contributed by atoms with E-state index in [-0.39, 0.29) is 5.75 Å². The van der Waals surface area contributed by atoms with Crippen LogP contribution in [0.3, 0.4) is 0 Å². The fourth-order valence-electron chi connectivity index (χ4n) is 1.01. The molecule has 1 aliphatic rings. The quantitative estimate of drug-likeness (QED) is 0.790. The summed E-state index contributed by atoms with van der Waals surface area (Å²) in [5.74, 6) is 0.722. The molecule has 1 heterocycles. The highest BCUT2D eigenvalue weighted by molar-refractivity contribution is 8.02. The summed E-state index contributed by atoms with van der Waals surface area (Å²) in [5.41, 5.74) is 0. The molecule has 1 aliphatic carbocycles. The van der Waals surface area contributed by atoms with Crippen LogP contribution in [0.5, 0.6) is 0 Å². The van der Waals surface area contributed by atoms with Crippen molar-refractivity contribution < 1.29 is 8.42 Å². The lowest BCUT2D eigenvalue weighted by atomic mass is 10.7. The summed E-state index contributed by atoms with van der Waals surface area (Å²) in [6, 6.07) is 0.571. The lowest BCUT2D eigenvalue weighted by molar-refractivity contribution is 0.603. The van der Waals surface area contributed by atoms with Gasteiger partial charge in [0.25, 0.3) is 0 Å². The molecule has 0 bridgehead atoms. The molecule has 0 atom stereocenters. The zero-order valence-corrected chi connectivity index (χ0v) is 11.3. The van der Waals surface area contributed by atoms with E-state index in [1.807, 2.05) is 0 Å². The van der Waals surface area contributed by atoms with Crippen LogP contribution in [0.25, 0.3) is 0 Å². The molecular formula is C8H13N3O2S3. The first kappa shape index (κ1) is 12.1. The van der Waals surface area contributed by atoms with Crippen molar-refractivity contribution in [2.75, 3.05) is 23.1 Å². The number of hydrogen-bond acceptors (Lipinski definition) is 7. The summed E-state index contributed by atoms with van der Waals surface area (Å²) in [6.07, 6.45) is 3.65. The topological polar surface area (TPSA) is 72.0 Å². The minimum atomic E-state index is -2.88. The van der Waals surface area contributed by atoms with Crippen LogP contribution in [-0.2, 0) is 9.84 Å². The molecule has 0 aliphatic heterocycles. The van der Waals surface area contributed by atoms with Crippen LogP contribution in [0.2, 0.25) is 0 Å². The van der Waals surface area contributed by atoms with Crippen molar-refractivity contribution in [2.24, 2.45) is 0 Å². The Morgan fingerprint density at radius 3 is 2.88 bits per heavy atom. The lowest BCUT2D eigenvalue weighted by Gasteiger charge is -1.95. The van der Waals surface area contributed by atoms with Gasteiger partial charge in [0.05, 0.1) is 5.75 Å². The van der Waals surface area contributed by atoms with E-state index in [4.69, 9.17) is 0 Å². The summed E-state index contributed by atoms with van der Waals surface area (Å²) in [6.45, 7) is 0. The molecule has 1 aromatic heterocycles. The second-order valence-electron chi connectivity index (χ2n) is 3.77. The maximum atomic E-state index is 10.9. The molecule has 0 unspecified atom stereocenters. The molecule has 8 heteroatoms. The van der Waals surface area contributed by atoms with Gasteiger partial charge in [-0.2, -0.15) is 0 Å². The van der Waals surface area contributed by atoms with Crippen molar-refractivity contribution in [1.82, 2.24) is 10.2 Å². The molecule has 0 spiro atoms. The monoisotopic (exact) mass is 279 g/mol. The number of aromatic nitrogens is 2. The van der Waals surface area contributed by atoms with Gasteiger partial charge >= 0.3 is 0 Å². The van der Waals surface area contributed by atoms with Crippen molar-refractivity contribution in [3.05, 3.63) is 0 Å². The van der Waals surface area contributed by atoms with E-state index in [0.717, 1.165) is 9.47 Å². The molecule has 0 saturated heterocycles. The van der Waals surface area contributed by atoms with E-state index in [9.17, 15) is 8.42 Å². The van der Waals surface area contributed by atoms with E-state index < -0.39 is 9.84 Å². The molecule has 0 radical (unpaired) electrons. The van der Waals surface area contributed by atoms with Gasteiger partial charge in [0.15, 0.2) is 4.34 Å². The van der Waals surface area contributed by atoms with Crippen LogP contribution in [0, 0.1) is 0 Å². The zero-order valence-electron chi connectivity index (χ0n) is 8.84. The first-order valence-electron chi connectivity index (χ1n) is 4.93. The predicted octanol–water partition coefficient (Wildman–Crippen LogP) is 1.25. The average Bonchev–Trinajstić information content (AvgIpc) is 2.84. The van der Waals surface area contributed by atoms with Crippen LogP contribution in [0.1, 0.15) is 12.8 Å². The number of nitrogens with zero attached hydrogens (tertiary/aromatic N) is 2. The lowest BCUT2D eigenvalue weighted by Crippen LogP contribution is -2.04. The fourth-order valence-corrected chi connectivity index (χ4v) is 4.10. The number of thioether (sulfide) groups is 1. The number of rotatable bonds is 6. The summed E-state index contributed by atoms with van der Waals surface area (Å²) < 4.78 is 22.7. The van der Waals surface area contributed by atoms with Crippen LogP contribution in [0.4, 0.5) is 5.13 Å². The normalized spacial score (nSPS) is 16.3. The van der Waals surface area contributed by atoms with Crippen LogP contribution >= 0.6 is 23.1 Å². The van der Waals surface area contributed by atoms with Crippen molar-refractivity contribution in [1.29, 1.82) is 0 Å². The van der Waals surface area contributed by atoms with Gasteiger partial charge in [0, 0.05) is 18.1 Å². The Morgan fingerprint density at radius 1 is 1.50 bits per heavy atom. The molecular weight excluding hydrogens is 266 g/mol. The molecule has 1 aromatic rings. The van der Waals surface area contributed by atoms with Gasteiger partial charge in [-0.15, -0.1) is 10.2 Å². The standard InChI is InChI=1S/C8H13N3O2S3/c1-16(12,13)5-4-14-8-11-10-7(15-8)9-6-2-3-6/h6H,2-5H2,1H3,(H,9,10). The summed E-state index contributed by atoms with van der Waals surface area (Å²) in [7, 11) is -2.88. The minimum absolute atomic E-state index is 0.183. The third kappa shape index (κ3) is 4.26. The van der Waals surface area contributed by atoms with Gasteiger partial charge in [-0.3, -0.25) is 0 Å². The molecule has 16 heavy (non-hydrogen) atoms. The second kappa shape index (κ2) is 4.89. The average molecular weight is 279 g/mol. The maximum absolute atomic E-state index is 10.9. The molecule has 0 aromatic carbocycles. The van der Waals surface area contributed by atoms with E-state index in [1.54, 1.807) is 0 Å². The molecule has 1 fully saturated rings. The molecule has 1 saturated carbocycles. The van der Waals surface area contributed by atoms with Gasteiger partial charge in [0.1, 0.15) is 9.84 Å². The number of nitrogens with one attached hydrogen (secondary N) is 1. The number of sulfone groups is 1. The predicted molar refractivity (Wildman–Crippen MR) is 67.0 cm³/mol. The highest BCUT2D eigenvalue weighted by atomic mass is 32.2. The van der Waals surface area contributed by atoms with Crippen LogP contribution in [-0.4, -0.2) is 42.4 Å². The van der Waals surface area contributed by atoms with E-state index >= 15 is 0 Å². The van der Waals surface area contributed by atoms with Crippen molar-refractivity contribution in [3.63, 3.8) is 0 Å². The third-order valence-corrected chi connectivity index (χ3v) is 5.18. The van der Waals surface area contributed by atoms with Crippen molar-refractivity contribution in [3.8, 4) is 0 Å². The molecule has 2 rings (SSSR count). The zero-order chi connectivity index (χ0) is 11.6. The first-order chi connectivity index (χ1) is 7.53. The summed E-state index contributed by atoms with van der Waals surface area (Å²) in [5, 5.41) is 12.1. The summed E-state index contributed by atoms with van der Waals surface area (Å²) >= 11 is 2.93. The molecule has 1 N–H and O–H groups in total. The fraction of sp³-hybridized carbons (Fsp3) is 0.750. The highest BCUT2D eigenvalue weighted by Gasteiger charge is 2.22. The Labute approximate surface area is 103 Å². The number of anilines is 1. The van der Waals surface area contributed by atoms with Gasteiger partial charge in [-0.05, 0) is 12.8 Å². The third-order valence-electron chi connectivity index (χ3n) is 1.99. The first-order valence-corrected chi connectivity index (χ1v) is 8.80. The largest absolute Gasteiger partial charge is 0.357 e. The van der Waals surface area contributed by atoms with Gasteiger partial charge in [0.2, 0.25) is 5.13 Å². The van der Waals surface area contributed by atoms with Gasteiger partial charge < -0.3 is 5.32 Å². The number of hydrogen-bond donors (Lipinski definition) is 1. The van der Waals surface area contributed by atoms with Crippen molar-refractivity contribution in [2.45, 2.75) is 23.2 Å². The van der Waals surface area contributed by atoms with E-state index in [2.05, 4.69) is 15.5 Å². The minimum Gasteiger partial charge on any atom is -0.357 e. The maximum Gasteiger partial charge on any atom is 0.206 e. The Bertz CT molecular complexity index is 453. The van der Waals surface area contributed by atoms with E-state index in [1.165, 1.54) is 42.2 Å². The van der Waals surface area contributed by atoms with Crippen molar-refractivity contribution >= 4 is 38.1 Å². The van der Waals surface area contributed by atoms with Crippen LogP contribution in [0.15, 0.2) is 4.34 Å². The summed E-state index contributed by atoms with van der Waals surface area (Å²) in [4.78, 5) is 0. The Morgan fingerprint density at radius 2 is 2.25 bits per heavy atom.